The smallest absolute Gasteiger partial charge is 0.0215 e. The number of rotatable bonds is 6. The van der Waals surface area contributed by atoms with Gasteiger partial charge in [0.1, 0.15) is 0 Å². The molecule has 0 amide bonds. The minimum Gasteiger partial charge on any atom is -0.329 e. The molecular formula is C10H22N2. The molecule has 1 aliphatic rings. The lowest BCUT2D eigenvalue weighted by atomic mass is 9.99. The summed E-state index contributed by atoms with van der Waals surface area (Å²) >= 11 is 0. The van der Waals surface area contributed by atoms with Gasteiger partial charge in [0.05, 0.1) is 0 Å². The summed E-state index contributed by atoms with van der Waals surface area (Å²) in [4.78, 5) is 0. The van der Waals surface area contributed by atoms with Gasteiger partial charge in [0, 0.05) is 12.6 Å². The fraction of sp³-hybridized carbons (Fsp3) is 1.00. The molecule has 0 aromatic heterocycles. The normalized spacial score (nSPS) is 22.2. The number of nitrogens with one attached hydrogen (secondary N) is 1. The molecule has 1 fully saturated rings. The molecule has 1 rings (SSSR count). The maximum Gasteiger partial charge on any atom is 0.0215 e. The van der Waals surface area contributed by atoms with E-state index < -0.39 is 0 Å². The van der Waals surface area contributed by atoms with Crippen LogP contribution < -0.4 is 11.1 Å². The zero-order valence-corrected chi connectivity index (χ0v) is 8.34. The zero-order chi connectivity index (χ0) is 8.97. The van der Waals surface area contributed by atoms with Crippen molar-refractivity contribution < 1.29 is 0 Å². The molecule has 1 aliphatic carbocycles. The number of nitrogens with two attached hydrogens (primary N) is 1. The molecule has 0 aromatic rings. The van der Waals surface area contributed by atoms with E-state index in [1.807, 2.05) is 0 Å². The number of hydrogen-bond acceptors (Lipinski definition) is 2. The Morgan fingerprint density at radius 2 is 2.17 bits per heavy atom. The summed E-state index contributed by atoms with van der Waals surface area (Å²) < 4.78 is 0. The van der Waals surface area contributed by atoms with E-state index in [2.05, 4.69) is 19.2 Å². The van der Waals surface area contributed by atoms with Gasteiger partial charge in [-0.15, -0.1) is 0 Å². The molecule has 0 bridgehead atoms. The van der Waals surface area contributed by atoms with Crippen molar-refractivity contribution in [1.29, 1.82) is 0 Å². The Morgan fingerprint density at radius 3 is 2.58 bits per heavy atom. The minimum atomic E-state index is 0.538. The molecule has 2 nitrogen and oxygen atoms in total. The molecule has 2 atom stereocenters. The predicted molar refractivity (Wildman–Crippen MR) is 53.0 cm³/mol. The lowest BCUT2D eigenvalue weighted by molar-refractivity contribution is 0.368. The molecule has 1 saturated carbocycles. The summed E-state index contributed by atoms with van der Waals surface area (Å²) in [5.41, 5.74) is 5.69. The maximum absolute atomic E-state index is 5.69. The first-order valence-corrected chi connectivity index (χ1v) is 5.21. The Balaban J connectivity index is 2.13. The summed E-state index contributed by atoms with van der Waals surface area (Å²) in [5, 5.41) is 3.56. The van der Waals surface area contributed by atoms with Crippen LogP contribution in [0.3, 0.4) is 0 Å². The third kappa shape index (κ3) is 3.11. The van der Waals surface area contributed by atoms with Crippen molar-refractivity contribution in [2.24, 2.45) is 17.6 Å². The van der Waals surface area contributed by atoms with Crippen LogP contribution in [0, 0.1) is 11.8 Å². The second-order valence-corrected chi connectivity index (χ2v) is 4.08. The highest BCUT2D eigenvalue weighted by atomic mass is 14.9. The van der Waals surface area contributed by atoms with Crippen LogP contribution in [0.2, 0.25) is 0 Å². The van der Waals surface area contributed by atoms with Crippen molar-refractivity contribution in [3.63, 3.8) is 0 Å². The Kier molecular flexibility index (Phi) is 4.02. The van der Waals surface area contributed by atoms with E-state index in [9.17, 15) is 0 Å². The molecule has 2 heteroatoms. The van der Waals surface area contributed by atoms with E-state index in [1.165, 1.54) is 25.8 Å². The van der Waals surface area contributed by atoms with Crippen molar-refractivity contribution in [2.75, 3.05) is 13.1 Å². The van der Waals surface area contributed by atoms with E-state index in [1.54, 1.807) is 0 Å². The fourth-order valence-corrected chi connectivity index (χ4v) is 1.44. The average molecular weight is 170 g/mol. The first-order valence-electron chi connectivity index (χ1n) is 5.21. The van der Waals surface area contributed by atoms with E-state index in [-0.39, 0.29) is 0 Å². The molecule has 0 aromatic carbocycles. The highest BCUT2D eigenvalue weighted by Crippen LogP contribution is 2.27. The van der Waals surface area contributed by atoms with Crippen LogP contribution in [0.1, 0.15) is 33.1 Å². The van der Waals surface area contributed by atoms with Crippen molar-refractivity contribution in [3.8, 4) is 0 Å². The second-order valence-electron chi connectivity index (χ2n) is 4.08. The predicted octanol–water partition coefficient (Wildman–Crippen LogP) is 1.36. The first kappa shape index (κ1) is 10.0. The monoisotopic (exact) mass is 170 g/mol. The van der Waals surface area contributed by atoms with Crippen LogP contribution >= 0.6 is 0 Å². The zero-order valence-electron chi connectivity index (χ0n) is 8.34. The Bertz CT molecular complexity index is 121. The van der Waals surface area contributed by atoms with Gasteiger partial charge >= 0.3 is 0 Å². The van der Waals surface area contributed by atoms with Gasteiger partial charge in [-0.1, -0.05) is 20.3 Å². The van der Waals surface area contributed by atoms with Crippen LogP contribution in [-0.2, 0) is 0 Å². The topological polar surface area (TPSA) is 38.0 Å². The maximum atomic E-state index is 5.69. The van der Waals surface area contributed by atoms with Crippen LogP contribution in [0.4, 0.5) is 0 Å². The van der Waals surface area contributed by atoms with Crippen molar-refractivity contribution in [3.05, 3.63) is 0 Å². The van der Waals surface area contributed by atoms with Crippen molar-refractivity contribution in [2.45, 2.75) is 39.2 Å². The summed E-state index contributed by atoms with van der Waals surface area (Å²) in [6, 6.07) is 0.538. The van der Waals surface area contributed by atoms with Gasteiger partial charge in [0.2, 0.25) is 0 Å². The summed E-state index contributed by atoms with van der Waals surface area (Å²) in [5.74, 6) is 1.68. The third-order valence-corrected chi connectivity index (χ3v) is 2.95. The van der Waals surface area contributed by atoms with Crippen LogP contribution in [0.15, 0.2) is 0 Å². The summed E-state index contributed by atoms with van der Waals surface area (Å²) in [7, 11) is 0. The van der Waals surface area contributed by atoms with Crippen LogP contribution in [0.25, 0.3) is 0 Å². The van der Waals surface area contributed by atoms with Crippen LogP contribution in [-0.4, -0.2) is 19.1 Å². The minimum absolute atomic E-state index is 0.538. The van der Waals surface area contributed by atoms with E-state index in [0.29, 0.717) is 12.0 Å². The van der Waals surface area contributed by atoms with E-state index in [4.69, 9.17) is 5.73 Å². The third-order valence-electron chi connectivity index (χ3n) is 2.95. The van der Waals surface area contributed by atoms with Gasteiger partial charge in [-0.3, -0.25) is 0 Å². The summed E-state index contributed by atoms with van der Waals surface area (Å²) in [6.07, 6.45) is 4.06. The SMILES string of the molecule is CCC(C)C(CN)NCC1CC1. The molecule has 0 radical (unpaired) electrons. The highest BCUT2D eigenvalue weighted by Gasteiger charge is 2.23. The highest BCUT2D eigenvalue weighted by molar-refractivity contribution is 4.80. The molecule has 0 aliphatic heterocycles. The Hall–Kier alpha value is -0.0800. The standard InChI is InChI=1S/C10H22N2/c1-3-8(2)10(6-11)12-7-9-4-5-9/h8-10,12H,3-7,11H2,1-2H3. The molecule has 0 spiro atoms. The van der Waals surface area contributed by atoms with Crippen molar-refractivity contribution in [1.82, 2.24) is 5.32 Å². The summed E-state index contributed by atoms with van der Waals surface area (Å²) in [6.45, 7) is 6.47. The van der Waals surface area contributed by atoms with Gasteiger partial charge < -0.3 is 11.1 Å². The first-order chi connectivity index (χ1) is 5.77. The van der Waals surface area contributed by atoms with Gasteiger partial charge in [-0.2, -0.15) is 0 Å². The molecule has 0 saturated heterocycles. The van der Waals surface area contributed by atoms with Gasteiger partial charge in [-0.05, 0) is 31.2 Å². The molecule has 2 unspecified atom stereocenters. The second kappa shape index (κ2) is 4.83. The largest absolute Gasteiger partial charge is 0.329 e. The lowest BCUT2D eigenvalue weighted by Crippen LogP contribution is -2.41. The van der Waals surface area contributed by atoms with Crippen LogP contribution in [0.5, 0.6) is 0 Å². The molecule has 72 valence electrons. The fourth-order valence-electron chi connectivity index (χ4n) is 1.44. The Morgan fingerprint density at radius 1 is 1.50 bits per heavy atom. The molecular weight excluding hydrogens is 148 g/mol. The van der Waals surface area contributed by atoms with E-state index in [0.717, 1.165) is 12.5 Å². The Labute approximate surface area is 75.9 Å². The quantitative estimate of drug-likeness (QED) is 0.631. The van der Waals surface area contributed by atoms with E-state index >= 15 is 0 Å². The average Bonchev–Trinajstić information content (AvgIpc) is 2.88. The van der Waals surface area contributed by atoms with Gasteiger partial charge in [-0.25, -0.2) is 0 Å². The molecule has 0 heterocycles. The lowest BCUT2D eigenvalue weighted by Gasteiger charge is -2.22. The van der Waals surface area contributed by atoms with Gasteiger partial charge in [0.25, 0.3) is 0 Å². The van der Waals surface area contributed by atoms with Crippen molar-refractivity contribution >= 4 is 0 Å². The molecule has 12 heavy (non-hydrogen) atoms. The number of hydrogen-bond donors (Lipinski definition) is 2. The van der Waals surface area contributed by atoms with Gasteiger partial charge in [0.15, 0.2) is 0 Å². The molecule has 3 N–H and O–H groups in total.